The number of aliphatic hydroxyl groups excluding tert-OH is 1. The maximum atomic E-state index is 15.3. The van der Waals surface area contributed by atoms with Crippen molar-refractivity contribution in [3.8, 4) is 39.5 Å². The van der Waals surface area contributed by atoms with Crippen molar-refractivity contribution in [2.24, 2.45) is 17.8 Å². The number of ketones is 1. The molecule has 5 heterocycles. The number of alkyl halides is 2. The third kappa shape index (κ3) is 8.08. The van der Waals surface area contributed by atoms with E-state index in [9.17, 15) is 14.7 Å². The Morgan fingerprint density at radius 1 is 0.937 bits per heavy atom. The first kappa shape index (κ1) is 42.6. The molecule has 1 saturated carbocycles. The predicted molar refractivity (Wildman–Crippen MR) is 236 cm³/mol. The molecule has 330 valence electrons. The van der Waals surface area contributed by atoms with Crippen LogP contribution in [0.4, 0.5) is 8.78 Å². The normalized spacial score (nSPS) is 24.3. The van der Waals surface area contributed by atoms with Crippen molar-refractivity contribution in [3.63, 3.8) is 0 Å². The van der Waals surface area contributed by atoms with E-state index in [0.717, 1.165) is 44.5 Å². The van der Waals surface area contributed by atoms with Gasteiger partial charge >= 0.3 is 0 Å². The van der Waals surface area contributed by atoms with Crippen LogP contribution < -0.4 is 10.1 Å². The molecule has 14 heteroatoms. The molecular weight excluding hydrogens is 805 g/mol. The van der Waals surface area contributed by atoms with Crippen LogP contribution in [-0.2, 0) is 14.3 Å². The van der Waals surface area contributed by atoms with E-state index >= 15 is 8.78 Å². The number of methoxy groups -OCH3 is 1. The molecule has 63 heavy (non-hydrogen) atoms. The molecule has 0 radical (unpaired) electrons. The molecule has 3 aliphatic rings. The summed E-state index contributed by atoms with van der Waals surface area (Å²) in [4.78, 5) is 44.9. The Morgan fingerprint density at radius 3 is 2.46 bits per heavy atom. The Morgan fingerprint density at radius 2 is 1.70 bits per heavy atom. The third-order valence-electron chi connectivity index (χ3n) is 13.3. The minimum absolute atomic E-state index is 0.0568. The number of aromatic nitrogens is 5. The molecule has 3 aromatic carbocycles. The summed E-state index contributed by atoms with van der Waals surface area (Å²) in [6.45, 7) is 7.84. The zero-order chi connectivity index (χ0) is 44.1. The average Bonchev–Trinajstić information content (AvgIpc) is 4.11. The molecule has 2 aliphatic heterocycles. The van der Waals surface area contributed by atoms with Gasteiger partial charge in [0.2, 0.25) is 18.5 Å². The summed E-state index contributed by atoms with van der Waals surface area (Å²) in [5.41, 5.74) is 6.92. The average molecular weight is 860 g/mol. The maximum absolute atomic E-state index is 15.3. The number of hydrogen-bond donors (Lipinski definition) is 4. The molecule has 9 atom stereocenters. The molecule has 2 fully saturated rings. The number of nitrogens with zero attached hydrogens (tertiary/aromatic N) is 4. The number of carbonyl (C=O) groups is 2. The van der Waals surface area contributed by atoms with E-state index < -0.39 is 37.1 Å². The van der Waals surface area contributed by atoms with E-state index in [1.165, 1.54) is 12.0 Å². The van der Waals surface area contributed by atoms with Crippen LogP contribution in [0.5, 0.6) is 5.75 Å². The van der Waals surface area contributed by atoms with Gasteiger partial charge in [-0.25, -0.2) is 18.7 Å². The van der Waals surface area contributed by atoms with E-state index in [1.54, 1.807) is 6.20 Å². The number of nitrogens with one attached hydrogen (secondary N) is 3. The highest BCUT2D eigenvalue weighted by molar-refractivity contribution is 5.99. The van der Waals surface area contributed by atoms with Gasteiger partial charge in [0.25, 0.3) is 0 Å². The van der Waals surface area contributed by atoms with Gasteiger partial charge < -0.3 is 29.4 Å². The Bertz CT molecular complexity index is 2610. The molecule has 1 amide bonds. The number of carbonyl (C=O) groups excluding carboxylic acids is 2. The lowest BCUT2D eigenvalue weighted by molar-refractivity contribution is -0.143. The molecule has 1 aliphatic carbocycles. The molecule has 12 nitrogen and oxygen atoms in total. The standard InChI is InChI=1S/C49H55F2N7O5/c1-6-37(56-49(61)62-5)47(60)57-25-32(51)22-41(57)46-53-23-38(54-46)29-15-16-43-36(18-29)40-19-30-13-10-14-33(44(30)58(40)48(63-43)28-11-8-7-9-12-28)39-24-52-45(55-39)35-21-31(50)20-34(27(35)4)42(59)17-26(2)3/h7-16,18-19,23-24,26-27,31-32,34-35,37,41,48-49,56,61H,6,17,20-22,25H2,1-5H3,(H,52,55)(H,53,54). The largest absolute Gasteiger partial charge is 0.465 e. The molecular formula is C49H55F2N7O5. The number of rotatable bonds is 13. The number of fused-ring (bicyclic) bond motifs is 5. The van der Waals surface area contributed by atoms with Crippen LogP contribution in [0.25, 0.3) is 44.7 Å². The van der Waals surface area contributed by atoms with Crippen LogP contribution in [0.2, 0.25) is 0 Å². The number of Topliss-reactive ketones (excluding diaryl/α,β-unsaturated/α-hetero) is 1. The van der Waals surface area contributed by atoms with Crippen molar-refractivity contribution in [2.45, 2.75) is 103 Å². The summed E-state index contributed by atoms with van der Waals surface area (Å²) >= 11 is 0. The Labute approximate surface area is 365 Å². The quantitative estimate of drug-likeness (QED) is 0.0841. The summed E-state index contributed by atoms with van der Waals surface area (Å²) in [5.74, 6) is 1.23. The lowest BCUT2D eigenvalue weighted by Gasteiger charge is -2.36. The lowest BCUT2D eigenvalue weighted by Crippen LogP contribution is -2.50. The zero-order valence-corrected chi connectivity index (χ0v) is 36.2. The van der Waals surface area contributed by atoms with Crippen LogP contribution in [0.3, 0.4) is 0 Å². The number of benzene rings is 3. The van der Waals surface area contributed by atoms with E-state index in [2.05, 4.69) is 68.2 Å². The fourth-order valence-electron chi connectivity index (χ4n) is 10.1. The number of ether oxygens (including phenoxy) is 2. The van der Waals surface area contributed by atoms with E-state index in [1.807, 2.05) is 63.4 Å². The fourth-order valence-corrected chi connectivity index (χ4v) is 10.1. The number of aromatic amines is 2. The van der Waals surface area contributed by atoms with E-state index in [-0.39, 0.29) is 54.7 Å². The fraction of sp³-hybridized carbons (Fsp3) is 0.429. The van der Waals surface area contributed by atoms with Crippen molar-refractivity contribution in [1.29, 1.82) is 0 Å². The smallest absolute Gasteiger partial charge is 0.240 e. The third-order valence-corrected chi connectivity index (χ3v) is 13.3. The van der Waals surface area contributed by atoms with Gasteiger partial charge in [0.05, 0.1) is 53.6 Å². The number of para-hydroxylation sites is 1. The minimum Gasteiger partial charge on any atom is -0.465 e. The van der Waals surface area contributed by atoms with Gasteiger partial charge in [0.1, 0.15) is 35.5 Å². The summed E-state index contributed by atoms with van der Waals surface area (Å²) < 4.78 is 44.4. The highest BCUT2D eigenvalue weighted by atomic mass is 19.1. The van der Waals surface area contributed by atoms with Crippen molar-refractivity contribution in [2.75, 3.05) is 13.7 Å². The topological polar surface area (TPSA) is 150 Å². The molecule has 0 spiro atoms. The van der Waals surface area contributed by atoms with Gasteiger partial charge in [-0.2, -0.15) is 0 Å². The number of imidazole rings is 2. The van der Waals surface area contributed by atoms with E-state index in [4.69, 9.17) is 14.5 Å². The van der Waals surface area contributed by atoms with Crippen LogP contribution in [0.1, 0.15) is 95.2 Å². The first-order valence-corrected chi connectivity index (χ1v) is 22.1. The van der Waals surface area contributed by atoms with Crippen molar-refractivity contribution in [3.05, 3.63) is 102 Å². The van der Waals surface area contributed by atoms with Crippen LogP contribution in [0.15, 0.2) is 85.2 Å². The van der Waals surface area contributed by atoms with Crippen molar-refractivity contribution >= 4 is 22.6 Å². The van der Waals surface area contributed by atoms with Gasteiger partial charge in [-0.1, -0.05) is 76.2 Å². The molecule has 3 aromatic heterocycles. The first-order chi connectivity index (χ1) is 30.4. The lowest BCUT2D eigenvalue weighted by atomic mass is 9.69. The highest BCUT2D eigenvalue weighted by Crippen LogP contribution is 2.48. The molecule has 6 aromatic rings. The molecule has 4 N–H and O–H groups in total. The number of hydrogen-bond acceptors (Lipinski definition) is 8. The number of H-pyrrole nitrogens is 2. The van der Waals surface area contributed by atoms with Gasteiger partial charge in [-0.05, 0) is 55.4 Å². The highest BCUT2D eigenvalue weighted by Gasteiger charge is 2.42. The van der Waals surface area contributed by atoms with Crippen LogP contribution >= 0.6 is 0 Å². The monoisotopic (exact) mass is 859 g/mol. The maximum Gasteiger partial charge on any atom is 0.240 e. The number of likely N-dealkylation sites (tertiary alicyclic amines) is 1. The summed E-state index contributed by atoms with van der Waals surface area (Å²) in [5, 5.41) is 13.8. The Balaban J connectivity index is 1.07. The summed E-state index contributed by atoms with van der Waals surface area (Å²) in [6, 6.07) is 23.0. The van der Waals surface area contributed by atoms with Gasteiger partial charge in [-0.15, -0.1) is 0 Å². The summed E-state index contributed by atoms with van der Waals surface area (Å²) in [6.07, 6.45) is 0.855. The summed E-state index contributed by atoms with van der Waals surface area (Å²) in [7, 11) is 1.33. The Hall–Kier alpha value is -5.70. The SMILES string of the molecule is CCC(NC(O)OC)C(=O)N1CC(F)CC1c1ncc(-c2ccc3c(c2)-c2cc4cccc(-c5cnc(C6CC(F)CC(C(=O)CC(C)C)C6C)[nH]5)c4n2C(c2ccccc2)O3)[nH]1. The zero-order valence-electron chi connectivity index (χ0n) is 36.2. The molecule has 0 bridgehead atoms. The van der Waals surface area contributed by atoms with Crippen LogP contribution in [-0.4, -0.2) is 84.7 Å². The second kappa shape index (κ2) is 17.5. The molecule has 9 unspecified atom stereocenters. The van der Waals surface area contributed by atoms with Crippen LogP contribution in [0, 0.1) is 17.8 Å². The first-order valence-electron chi connectivity index (χ1n) is 22.1. The predicted octanol–water partition coefficient (Wildman–Crippen LogP) is 9.01. The van der Waals surface area contributed by atoms with Crippen molar-refractivity contribution in [1.82, 2.24) is 34.7 Å². The number of halogens is 2. The van der Waals surface area contributed by atoms with E-state index in [0.29, 0.717) is 42.4 Å². The van der Waals surface area contributed by atoms with Gasteiger partial charge in [0.15, 0.2) is 0 Å². The second-order valence-corrected chi connectivity index (χ2v) is 17.9. The second-order valence-electron chi connectivity index (χ2n) is 17.9. The molecule has 1 saturated heterocycles. The van der Waals surface area contributed by atoms with Gasteiger partial charge in [-0.3, -0.25) is 19.5 Å². The Kier molecular flexibility index (Phi) is 11.8. The van der Waals surface area contributed by atoms with Gasteiger partial charge in [0, 0.05) is 59.4 Å². The minimum atomic E-state index is -1.33. The number of amides is 1. The van der Waals surface area contributed by atoms with Crippen molar-refractivity contribution < 1.29 is 33.0 Å². The molecule has 9 rings (SSSR count). The number of aliphatic hydroxyl groups is 1.